The van der Waals surface area contributed by atoms with Gasteiger partial charge in [0.2, 0.25) is 6.29 Å². The molecule has 0 aromatic heterocycles. The molecule has 4 heteroatoms. The molecule has 0 aromatic carbocycles. The zero-order valence-electron chi connectivity index (χ0n) is 3.77. The molecule has 0 aliphatic rings. The summed E-state index contributed by atoms with van der Waals surface area (Å²) in [6.07, 6.45) is -4.73. The Morgan fingerprint density at radius 3 is 2.00 bits per heavy atom. The van der Waals surface area contributed by atoms with Crippen molar-refractivity contribution in [3.8, 4) is 0 Å². The highest BCUT2D eigenvalue weighted by Crippen LogP contribution is 1.98. The van der Waals surface area contributed by atoms with Gasteiger partial charge in [-0.05, 0) is 0 Å². The third-order valence-electron chi connectivity index (χ3n) is 0.457. The monoisotopic (exact) mass is 112 g/mol. The summed E-state index contributed by atoms with van der Waals surface area (Å²) in [5.41, 5.74) is 0. The van der Waals surface area contributed by atoms with Gasteiger partial charge in [0.05, 0.1) is 0 Å². The molecule has 0 spiro atoms. The van der Waals surface area contributed by atoms with Crippen LogP contribution in [0.3, 0.4) is 0 Å². The molecular weight excluding hydrogens is 106 g/mol. The van der Waals surface area contributed by atoms with Crippen molar-refractivity contribution in [2.45, 2.75) is 12.7 Å². The normalized spacial score (nSPS) is 15.0. The maximum absolute atomic E-state index is 11.1. The van der Waals surface area contributed by atoms with Gasteiger partial charge in [0.1, 0.15) is 0 Å². The van der Waals surface area contributed by atoms with E-state index < -0.39 is 12.7 Å². The molecule has 2 nitrogen and oxygen atoms in total. The SMILES string of the molecule is COC(O)C(F)F. The van der Waals surface area contributed by atoms with Crippen molar-refractivity contribution in [2.75, 3.05) is 7.11 Å². The van der Waals surface area contributed by atoms with Crippen molar-refractivity contribution >= 4 is 0 Å². The Labute approximate surface area is 39.7 Å². The summed E-state index contributed by atoms with van der Waals surface area (Å²) in [5.74, 6) is 0. The van der Waals surface area contributed by atoms with Crippen LogP contribution in [0.1, 0.15) is 0 Å². The number of hydrogen-bond donors (Lipinski definition) is 1. The first-order chi connectivity index (χ1) is 3.18. The van der Waals surface area contributed by atoms with Gasteiger partial charge in [-0.3, -0.25) is 0 Å². The summed E-state index contributed by atoms with van der Waals surface area (Å²) in [7, 11) is 1.01. The number of hydrogen-bond acceptors (Lipinski definition) is 2. The van der Waals surface area contributed by atoms with Crippen LogP contribution in [-0.2, 0) is 4.74 Å². The van der Waals surface area contributed by atoms with E-state index in [1.165, 1.54) is 0 Å². The summed E-state index contributed by atoms with van der Waals surface area (Å²) < 4.78 is 25.9. The molecule has 44 valence electrons. The third kappa shape index (κ3) is 2.47. The van der Waals surface area contributed by atoms with Crippen LogP contribution in [-0.4, -0.2) is 24.9 Å². The van der Waals surface area contributed by atoms with Gasteiger partial charge in [0, 0.05) is 7.11 Å². The highest BCUT2D eigenvalue weighted by molar-refractivity contribution is 4.37. The van der Waals surface area contributed by atoms with Gasteiger partial charge in [-0.2, -0.15) is 0 Å². The van der Waals surface area contributed by atoms with Crippen molar-refractivity contribution in [1.29, 1.82) is 0 Å². The van der Waals surface area contributed by atoms with E-state index in [0.717, 1.165) is 7.11 Å². The average Bonchev–Trinajstić information content (AvgIpc) is 1.65. The van der Waals surface area contributed by atoms with Gasteiger partial charge in [-0.1, -0.05) is 0 Å². The number of alkyl halides is 2. The number of aliphatic hydroxyl groups excluding tert-OH is 1. The van der Waals surface area contributed by atoms with Crippen LogP contribution in [0, 0.1) is 0 Å². The van der Waals surface area contributed by atoms with E-state index in [1.807, 2.05) is 0 Å². The summed E-state index contributed by atoms with van der Waals surface area (Å²) >= 11 is 0. The molecule has 0 aliphatic carbocycles. The minimum Gasteiger partial charge on any atom is -0.363 e. The van der Waals surface area contributed by atoms with Gasteiger partial charge < -0.3 is 9.84 Å². The van der Waals surface area contributed by atoms with Crippen LogP contribution in [0.5, 0.6) is 0 Å². The molecule has 0 amide bonds. The van der Waals surface area contributed by atoms with Crippen LogP contribution < -0.4 is 0 Å². The lowest BCUT2D eigenvalue weighted by molar-refractivity contribution is -0.158. The second-order valence-corrected chi connectivity index (χ2v) is 0.961. The van der Waals surface area contributed by atoms with Crippen molar-refractivity contribution in [3.05, 3.63) is 0 Å². The second-order valence-electron chi connectivity index (χ2n) is 0.961. The lowest BCUT2D eigenvalue weighted by atomic mass is 10.7. The van der Waals surface area contributed by atoms with Crippen LogP contribution >= 0.6 is 0 Å². The van der Waals surface area contributed by atoms with E-state index in [9.17, 15) is 8.78 Å². The third-order valence-corrected chi connectivity index (χ3v) is 0.457. The zero-order chi connectivity index (χ0) is 5.86. The van der Waals surface area contributed by atoms with Crippen molar-refractivity contribution < 1.29 is 18.6 Å². The second kappa shape index (κ2) is 2.87. The number of methoxy groups -OCH3 is 1. The Kier molecular flexibility index (Phi) is 2.78. The number of aliphatic hydroxyl groups is 1. The lowest BCUT2D eigenvalue weighted by Crippen LogP contribution is -2.18. The van der Waals surface area contributed by atoms with Gasteiger partial charge >= 0.3 is 0 Å². The fourth-order valence-corrected chi connectivity index (χ4v) is 0.103. The Bertz CT molecular complexity index is 48.2. The standard InChI is InChI=1S/C3H6F2O2/c1-7-3(6)2(4)5/h2-3,6H,1H3. The minimum atomic E-state index is -2.80. The minimum absolute atomic E-state index is 1.01. The molecule has 1 unspecified atom stereocenters. The summed E-state index contributed by atoms with van der Waals surface area (Å²) in [6, 6.07) is 0. The molecule has 0 rings (SSSR count). The van der Waals surface area contributed by atoms with Gasteiger partial charge in [0.15, 0.2) is 0 Å². The predicted molar refractivity (Wildman–Crippen MR) is 19.0 cm³/mol. The lowest BCUT2D eigenvalue weighted by Gasteiger charge is -2.03. The Balaban J connectivity index is 3.14. The molecular formula is C3H6F2O2. The topological polar surface area (TPSA) is 29.5 Å². The maximum atomic E-state index is 11.1. The van der Waals surface area contributed by atoms with Crippen molar-refractivity contribution in [1.82, 2.24) is 0 Å². The first-order valence-corrected chi connectivity index (χ1v) is 1.67. The molecule has 0 fully saturated rings. The van der Waals surface area contributed by atoms with Crippen LogP contribution in [0.2, 0.25) is 0 Å². The van der Waals surface area contributed by atoms with E-state index >= 15 is 0 Å². The Morgan fingerprint density at radius 2 is 2.00 bits per heavy atom. The Morgan fingerprint density at radius 1 is 1.57 bits per heavy atom. The zero-order valence-corrected chi connectivity index (χ0v) is 3.77. The molecule has 0 aliphatic heterocycles. The molecule has 0 heterocycles. The molecule has 0 saturated heterocycles. The molecule has 7 heavy (non-hydrogen) atoms. The number of rotatable bonds is 2. The molecule has 0 aromatic rings. The molecule has 1 atom stereocenters. The first kappa shape index (κ1) is 6.78. The van der Waals surface area contributed by atoms with E-state index in [0.29, 0.717) is 0 Å². The predicted octanol–water partition coefficient (Wildman–Crippen LogP) is 0.216. The van der Waals surface area contributed by atoms with E-state index in [1.54, 1.807) is 0 Å². The summed E-state index contributed by atoms with van der Waals surface area (Å²) in [4.78, 5) is 0. The summed E-state index contributed by atoms with van der Waals surface area (Å²) in [5, 5.41) is 7.96. The fraction of sp³-hybridized carbons (Fsp3) is 1.00. The van der Waals surface area contributed by atoms with E-state index in [4.69, 9.17) is 5.11 Å². The fourth-order valence-electron chi connectivity index (χ4n) is 0.103. The number of halogens is 2. The van der Waals surface area contributed by atoms with E-state index in [2.05, 4.69) is 4.74 Å². The first-order valence-electron chi connectivity index (χ1n) is 1.67. The quantitative estimate of drug-likeness (QED) is 0.517. The smallest absolute Gasteiger partial charge is 0.288 e. The van der Waals surface area contributed by atoms with Crippen molar-refractivity contribution in [2.24, 2.45) is 0 Å². The molecule has 0 saturated carbocycles. The highest BCUT2D eigenvalue weighted by Gasteiger charge is 2.13. The average molecular weight is 112 g/mol. The Hall–Kier alpha value is -0.220. The van der Waals surface area contributed by atoms with Gasteiger partial charge in [-0.25, -0.2) is 8.78 Å². The molecule has 0 radical (unpaired) electrons. The van der Waals surface area contributed by atoms with Crippen LogP contribution in [0.4, 0.5) is 8.78 Å². The van der Waals surface area contributed by atoms with Gasteiger partial charge in [-0.15, -0.1) is 0 Å². The van der Waals surface area contributed by atoms with E-state index in [-0.39, 0.29) is 0 Å². The van der Waals surface area contributed by atoms with Gasteiger partial charge in [0.25, 0.3) is 6.43 Å². The molecule has 0 bridgehead atoms. The van der Waals surface area contributed by atoms with Crippen LogP contribution in [0.25, 0.3) is 0 Å². The highest BCUT2D eigenvalue weighted by atomic mass is 19.3. The van der Waals surface area contributed by atoms with Crippen LogP contribution in [0.15, 0.2) is 0 Å². The summed E-state index contributed by atoms with van der Waals surface area (Å²) in [6.45, 7) is 0. The van der Waals surface area contributed by atoms with Crippen molar-refractivity contribution in [3.63, 3.8) is 0 Å². The molecule has 1 N–H and O–H groups in total. The maximum Gasteiger partial charge on any atom is 0.288 e. The number of ether oxygens (including phenoxy) is 1. The largest absolute Gasteiger partial charge is 0.363 e.